The Balaban J connectivity index is 2.17. The number of aliphatic hydroxyl groups is 1. The van der Waals surface area contributed by atoms with E-state index in [4.69, 9.17) is 9.84 Å². The van der Waals surface area contributed by atoms with Crippen LogP contribution in [-0.4, -0.2) is 62.0 Å². The zero-order valence-electron chi connectivity index (χ0n) is 10.6. The highest BCUT2D eigenvalue weighted by Crippen LogP contribution is 2.10. The molecule has 1 heterocycles. The van der Waals surface area contributed by atoms with E-state index in [1.165, 1.54) is 7.11 Å². The Bertz CT molecular complexity index is 223. The van der Waals surface area contributed by atoms with Crippen LogP contribution < -0.4 is 0 Å². The molecular weight excluding hydrogens is 222 g/mol. The Hall–Kier alpha value is -0.650. The second-order valence-electron chi connectivity index (χ2n) is 4.36. The molecule has 1 aliphatic heterocycles. The maximum atomic E-state index is 11.1. The number of ether oxygens (including phenoxy) is 2. The van der Waals surface area contributed by atoms with E-state index in [1.54, 1.807) is 0 Å². The van der Waals surface area contributed by atoms with Gasteiger partial charge < -0.3 is 14.6 Å². The van der Waals surface area contributed by atoms with Gasteiger partial charge in [0.1, 0.15) is 0 Å². The molecule has 5 nitrogen and oxygen atoms in total. The largest absolute Gasteiger partial charge is 0.469 e. The number of morpholine rings is 1. The normalized spacial score (nSPS) is 21.4. The van der Waals surface area contributed by atoms with Gasteiger partial charge in [-0.25, -0.2) is 0 Å². The Labute approximate surface area is 103 Å². The summed E-state index contributed by atoms with van der Waals surface area (Å²) in [5.74, 6) is -0.211. The van der Waals surface area contributed by atoms with Crippen molar-refractivity contribution in [2.24, 2.45) is 0 Å². The van der Waals surface area contributed by atoms with Crippen LogP contribution in [0.25, 0.3) is 0 Å². The molecule has 0 aromatic rings. The van der Waals surface area contributed by atoms with Gasteiger partial charge in [0.25, 0.3) is 0 Å². The summed E-state index contributed by atoms with van der Waals surface area (Å²) < 4.78 is 10.2. The van der Waals surface area contributed by atoms with Crippen LogP contribution in [0.1, 0.15) is 25.7 Å². The Morgan fingerprint density at radius 2 is 2.29 bits per heavy atom. The minimum Gasteiger partial charge on any atom is -0.469 e. The van der Waals surface area contributed by atoms with Crippen LogP contribution >= 0.6 is 0 Å². The summed E-state index contributed by atoms with van der Waals surface area (Å²) in [6, 6.07) is 0. The number of nitrogens with zero attached hydrogens (tertiary/aromatic N) is 1. The molecule has 1 N–H and O–H groups in total. The van der Waals surface area contributed by atoms with Crippen molar-refractivity contribution in [3.63, 3.8) is 0 Å². The third-order valence-electron chi connectivity index (χ3n) is 2.98. The van der Waals surface area contributed by atoms with Crippen molar-refractivity contribution in [1.29, 1.82) is 0 Å². The first-order valence-corrected chi connectivity index (χ1v) is 6.28. The number of hydrogen-bond acceptors (Lipinski definition) is 5. The van der Waals surface area contributed by atoms with E-state index in [0.29, 0.717) is 13.0 Å². The Kier molecular flexibility index (Phi) is 7.16. The molecular formula is C12H23NO4. The Morgan fingerprint density at radius 1 is 1.47 bits per heavy atom. The number of aliphatic hydroxyl groups excluding tert-OH is 1. The summed E-state index contributed by atoms with van der Waals surface area (Å²) in [7, 11) is 1.40. The van der Waals surface area contributed by atoms with Gasteiger partial charge in [-0.05, 0) is 25.8 Å². The summed E-state index contributed by atoms with van der Waals surface area (Å²) in [5.41, 5.74) is 0. The first-order chi connectivity index (χ1) is 8.26. The van der Waals surface area contributed by atoms with Crippen molar-refractivity contribution in [2.75, 3.05) is 40.0 Å². The molecule has 17 heavy (non-hydrogen) atoms. The van der Waals surface area contributed by atoms with E-state index in [9.17, 15) is 4.79 Å². The third-order valence-corrected chi connectivity index (χ3v) is 2.98. The molecule has 0 aliphatic carbocycles. The average Bonchev–Trinajstić information content (AvgIpc) is 2.35. The van der Waals surface area contributed by atoms with Crippen LogP contribution in [0.3, 0.4) is 0 Å². The zero-order valence-corrected chi connectivity index (χ0v) is 10.6. The van der Waals surface area contributed by atoms with Gasteiger partial charge in [-0.3, -0.25) is 9.69 Å². The fraction of sp³-hybridized carbons (Fsp3) is 0.917. The molecule has 1 saturated heterocycles. The topological polar surface area (TPSA) is 59.0 Å². The van der Waals surface area contributed by atoms with Crippen LogP contribution in [0.4, 0.5) is 0 Å². The van der Waals surface area contributed by atoms with Gasteiger partial charge in [0.05, 0.1) is 26.2 Å². The maximum Gasteiger partial charge on any atom is 0.308 e. The van der Waals surface area contributed by atoms with Gasteiger partial charge in [0.15, 0.2) is 0 Å². The number of esters is 1. The fourth-order valence-corrected chi connectivity index (χ4v) is 2.00. The van der Waals surface area contributed by atoms with Gasteiger partial charge in [0, 0.05) is 19.7 Å². The highest BCUT2D eigenvalue weighted by Gasteiger charge is 2.22. The lowest BCUT2D eigenvalue weighted by Crippen LogP contribution is -2.43. The van der Waals surface area contributed by atoms with E-state index in [-0.39, 0.29) is 18.7 Å². The highest BCUT2D eigenvalue weighted by atomic mass is 16.5. The smallest absolute Gasteiger partial charge is 0.308 e. The van der Waals surface area contributed by atoms with Crippen molar-refractivity contribution < 1.29 is 19.4 Å². The molecule has 100 valence electrons. The van der Waals surface area contributed by atoms with E-state index in [1.807, 2.05) is 0 Å². The van der Waals surface area contributed by atoms with E-state index in [0.717, 1.165) is 38.9 Å². The monoisotopic (exact) mass is 245 g/mol. The van der Waals surface area contributed by atoms with Crippen molar-refractivity contribution in [3.05, 3.63) is 0 Å². The number of carbonyl (C=O) groups is 1. The molecule has 0 amide bonds. The molecule has 5 heteroatoms. The van der Waals surface area contributed by atoms with E-state index < -0.39 is 0 Å². The summed E-state index contributed by atoms with van der Waals surface area (Å²) in [6.07, 6.45) is 3.31. The van der Waals surface area contributed by atoms with E-state index in [2.05, 4.69) is 9.64 Å². The molecule has 1 aliphatic rings. The van der Waals surface area contributed by atoms with Crippen LogP contribution in [0.15, 0.2) is 0 Å². The fourth-order valence-electron chi connectivity index (χ4n) is 2.00. The van der Waals surface area contributed by atoms with Crippen LogP contribution in [-0.2, 0) is 14.3 Å². The van der Waals surface area contributed by atoms with E-state index >= 15 is 0 Å². The third kappa shape index (κ3) is 6.00. The molecule has 1 atom stereocenters. The van der Waals surface area contributed by atoms with Crippen molar-refractivity contribution in [2.45, 2.75) is 31.8 Å². The van der Waals surface area contributed by atoms with Crippen LogP contribution in [0, 0.1) is 0 Å². The van der Waals surface area contributed by atoms with Crippen LogP contribution in [0.2, 0.25) is 0 Å². The zero-order chi connectivity index (χ0) is 12.5. The number of carbonyl (C=O) groups excluding carboxylic acids is 1. The predicted octanol–water partition coefficient (Wildman–Crippen LogP) is 0.413. The molecule has 0 bridgehead atoms. The highest BCUT2D eigenvalue weighted by molar-refractivity contribution is 5.69. The molecule has 0 radical (unpaired) electrons. The summed E-state index contributed by atoms with van der Waals surface area (Å²) >= 11 is 0. The molecule has 1 rings (SSSR count). The van der Waals surface area contributed by atoms with Gasteiger partial charge in [-0.1, -0.05) is 0 Å². The van der Waals surface area contributed by atoms with Gasteiger partial charge in [0.2, 0.25) is 0 Å². The summed E-state index contributed by atoms with van der Waals surface area (Å²) in [6.45, 7) is 3.70. The standard InChI is InChI=1S/C12H23NO4/c1-16-12(15)9-11-10-13(6-8-17-11)5-3-2-4-7-14/h11,14H,2-10H2,1H3. The second-order valence-corrected chi connectivity index (χ2v) is 4.36. The number of unbranched alkanes of at least 4 members (excludes halogenated alkanes) is 2. The second kappa shape index (κ2) is 8.44. The molecule has 0 aromatic heterocycles. The van der Waals surface area contributed by atoms with Crippen molar-refractivity contribution >= 4 is 5.97 Å². The number of rotatable bonds is 7. The molecule has 0 spiro atoms. The minimum absolute atomic E-state index is 0.0333. The first-order valence-electron chi connectivity index (χ1n) is 6.28. The van der Waals surface area contributed by atoms with Gasteiger partial charge >= 0.3 is 5.97 Å². The number of methoxy groups -OCH3 is 1. The lowest BCUT2D eigenvalue weighted by Gasteiger charge is -2.32. The number of hydrogen-bond donors (Lipinski definition) is 1. The average molecular weight is 245 g/mol. The van der Waals surface area contributed by atoms with Crippen molar-refractivity contribution in [1.82, 2.24) is 4.90 Å². The molecule has 1 unspecified atom stereocenters. The molecule has 0 saturated carbocycles. The molecule has 0 aromatic carbocycles. The summed E-state index contributed by atoms with van der Waals surface area (Å²) in [4.78, 5) is 13.5. The van der Waals surface area contributed by atoms with Crippen molar-refractivity contribution in [3.8, 4) is 0 Å². The lowest BCUT2D eigenvalue weighted by atomic mass is 10.2. The minimum atomic E-state index is -0.211. The Morgan fingerprint density at radius 3 is 3.00 bits per heavy atom. The predicted molar refractivity (Wildman–Crippen MR) is 63.7 cm³/mol. The summed E-state index contributed by atoms with van der Waals surface area (Å²) in [5, 5.41) is 8.69. The maximum absolute atomic E-state index is 11.1. The SMILES string of the molecule is COC(=O)CC1CN(CCCCCO)CCO1. The quantitative estimate of drug-likeness (QED) is 0.520. The lowest BCUT2D eigenvalue weighted by molar-refractivity contribution is -0.145. The van der Waals surface area contributed by atoms with Gasteiger partial charge in [-0.2, -0.15) is 0 Å². The first kappa shape index (κ1) is 14.4. The van der Waals surface area contributed by atoms with Gasteiger partial charge in [-0.15, -0.1) is 0 Å². The molecule has 1 fully saturated rings. The van der Waals surface area contributed by atoms with Crippen LogP contribution in [0.5, 0.6) is 0 Å².